The molecule has 4 rings (SSSR count). The Kier molecular flexibility index (Phi) is 5.26. The number of nitro groups is 1. The first kappa shape index (κ1) is 19.1. The SMILES string of the molecule is O=C(Cc1ccc([N+](=O)[O-])cc1)NCCn1nc(-c2cccs2)n(C2CC2)c1=O. The van der Waals surface area contributed by atoms with Crippen LogP contribution in [0, 0.1) is 10.1 Å². The molecule has 0 saturated heterocycles. The maximum Gasteiger partial charge on any atom is 0.346 e. The molecule has 0 bridgehead atoms. The van der Waals surface area contributed by atoms with Gasteiger partial charge in [-0.15, -0.1) is 16.4 Å². The number of aromatic nitrogens is 3. The fourth-order valence-electron chi connectivity index (χ4n) is 3.09. The van der Waals surface area contributed by atoms with Crippen molar-refractivity contribution < 1.29 is 9.72 Å². The Morgan fingerprint density at radius 2 is 2.03 bits per heavy atom. The van der Waals surface area contributed by atoms with Gasteiger partial charge in [0.25, 0.3) is 5.69 Å². The lowest BCUT2D eigenvalue weighted by atomic mass is 10.1. The molecule has 1 N–H and O–H groups in total. The lowest BCUT2D eigenvalue weighted by Crippen LogP contribution is -2.32. The van der Waals surface area contributed by atoms with E-state index in [1.165, 1.54) is 16.8 Å². The predicted molar refractivity (Wildman–Crippen MR) is 108 cm³/mol. The number of hydrogen-bond acceptors (Lipinski definition) is 6. The molecular formula is C19H19N5O4S. The molecule has 0 radical (unpaired) electrons. The summed E-state index contributed by atoms with van der Waals surface area (Å²) in [5.74, 6) is 0.469. The van der Waals surface area contributed by atoms with Gasteiger partial charge < -0.3 is 5.32 Å². The predicted octanol–water partition coefficient (Wildman–Crippen LogP) is 2.38. The van der Waals surface area contributed by atoms with E-state index >= 15 is 0 Å². The fourth-order valence-corrected chi connectivity index (χ4v) is 3.79. The summed E-state index contributed by atoms with van der Waals surface area (Å²) in [4.78, 5) is 36.0. The Labute approximate surface area is 169 Å². The zero-order valence-corrected chi connectivity index (χ0v) is 16.3. The number of thiophene rings is 1. The van der Waals surface area contributed by atoms with Gasteiger partial charge in [-0.05, 0) is 29.9 Å². The first-order valence-electron chi connectivity index (χ1n) is 9.26. The van der Waals surface area contributed by atoms with Crippen LogP contribution in [0.25, 0.3) is 10.7 Å². The van der Waals surface area contributed by atoms with Crippen LogP contribution < -0.4 is 11.0 Å². The van der Waals surface area contributed by atoms with Crippen molar-refractivity contribution in [3.63, 3.8) is 0 Å². The van der Waals surface area contributed by atoms with E-state index in [1.54, 1.807) is 28.0 Å². The Bertz CT molecular complexity index is 1080. The number of hydrogen-bond donors (Lipinski definition) is 1. The van der Waals surface area contributed by atoms with Crippen molar-refractivity contribution in [2.45, 2.75) is 31.8 Å². The van der Waals surface area contributed by atoms with Crippen molar-refractivity contribution in [1.29, 1.82) is 0 Å². The Balaban J connectivity index is 1.37. The molecule has 1 aromatic carbocycles. The van der Waals surface area contributed by atoms with Crippen LogP contribution in [-0.4, -0.2) is 31.7 Å². The molecule has 10 heteroatoms. The van der Waals surface area contributed by atoms with Gasteiger partial charge in [-0.3, -0.25) is 19.5 Å². The molecule has 1 saturated carbocycles. The number of nitro benzene ring substituents is 1. The van der Waals surface area contributed by atoms with Crippen molar-refractivity contribution >= 4 is 22.9 Å². The van der Waals surface area contributed by atoms with E-state index in [9.17, 15) is 19.7 Å². The van der Waals surface area contributed by atoms with Crippen LogP contribution in [0.5, 0.6) is 0 Å². The maximum absolute atomic E-state index is 12.7. The molecule has 29 heavy (non-hydrogen) atoms. The average molecular weight is 413 g/mol. The molecule has 0 aliphatic heterocycles. The Morgan fingerprint density at radius 3 is 2.66 bits per heavy atom. The highest BCUT2D eigenvalue weighted by molar-refractivity contribution is 7.13. The van der Waals surface area contributed by atoms with Gasteiger partial charge >= 0.3 is 5.69 Å². The van der Waals surface area contributed by atoms with Gasteiger partial charge in [0.05, 0.1) is 22.8 Å². The third kappa shape index (κ3) is 4.27. The summed E-state index contributed by atoms with van der Waals surface area (Å²) in [5.41, 5.74) is 0.519. The molecule has 1 aliphatic carbocycles. The Hall–Kier alpha value is -3.27. The van der Waals surface area contributed by atoms with Crippen molar-refractivity contribution in [3.05, 3.63) is 67.9 Å². The topological polar surface area (TPSA) is 112 Å². The first-order valence-corrected chi connectivity index (χ1v) is 10.1. The molecule has 2 heterocycles. The van der Waals surface area contributed by atoms with E-state index in [0.717, 1.165) is 17.7 Å². The number of benzene rings is 1. The molecule has 0 atom stereocenters. The molecule has 0 unspecified atom stereocenters. The monoisotopic (exact) mass is 413 g/mol. The molecule has 2 aromatic heterocycles. The van der Waals surface area contributed by atoms with Crippen molar-refractivity contribution in [2.24, 2.45) is 0 Å². The summed E-state index contributed by atoms with van der Waals surface area (Å²) >= 11 is 1.54. The standard InChI is InChI=1S/C19H19N5O4S/c25-17(12-13-3-5-15(6-4-13)24(27)28)20-9-10-22-19(26)23(14-7-8-14)18(21-22)16-2-1-11-29-16/h1-6,11,14H,7-10,12H2,(H,20,25). The number of non-ortho nitro benzene ring substituents is 1. The van der Waals surface area contributed by atoms with E-state index < -0.39 is 4.92 Å². The fraction of sp³-hybridized carbons (Fsp3) is 0.316. The van der Waals surface area contributed by atoms with Gasteiger partial charge in [0.1, 0.15) is 0 Å². The minimum absolute atomic E-state index is 0.0127. The third-order valence-electron chi connectivity index (χ3n) is 4.68. The largest absolute Gasteiger partial charge is 0.354 e. The smallest absolute Gasteiger partial charge is 0.346 e. The molecule has 1 amide bonds. The molecule has 1 aliphatic rings. The first-order chi connectivity index (χ1) is 14.0. The lowest BCUT2D eigenvalue weighted by molar-refractivity contribution is -0.384. The van der Waals surface area contributed by atoms with E-state index in [2.05, 4.69) is 10.4 Å². The molecule has 0 spiro atoms. The molecule has 3 aromatic rings. The normalized spacial score (nSPS) is 13.4. The van der Waals surface area contributed by atoms with Gasteiger partial charge in [0.15, 0.2) is 5.82 Å². The second-order valence-electron chi connectivity index (χ2n) is 6.86. The van der Waals surface area contributed by atoms with Crippen LogP contribution in [0.4, 0.5) is 5.69 Å². The van der Waals surface area contributed by atoms with Crippen LogP contribution >= 0.6 is 11.3 Å². The summed E-state index contributed by atoms with van der Waals surface area (Å²) in [6, 6.07) is 9.96. The van der Waals surface area contributed by atoms with E-state index in [4.69, 9.17) is 0 Å². The van der Waals surface area contributed by atoms with Crippen LogP contribution in [0.1, 0.15) is 24.4 Å². The van der Waals surface area contributed by atoms with E-state index in [1.807, 2.05) is 17.5 Å². The molecular weight excluding hydrogens is 394 g/mol. The average Bonchev–Trinajstić information content (AvgIpc) is 3.27. The lowest BCUT2D eigenvalue weighted by Gasteiger charge is -2.05. The summed E-state index contributed by atoms with van der Waals surface area (Å²) < 4.78 is 3.16. The van der Waals surface area contributed by atoms with Crippen molar-refractivity contribution in [1.82, 2.24) is 19.7 Å². The highest BCUT2D eigenvalue weighted by atomic mass is 32.1. The maximum atomic E-state index is 12.7. The van der Waals surface area contributed by atoms with Crippen LogP contribution in [0.15, 0.2) is 46.6 Å². The number of rotatable bonds is 8. The highest BCUT2D eigenvalue weighted by Gasteiger charge is 2.30. The second-order valence-corrected chi connectivity index (χ2v) is 7.81. The molecule has 150 valence electrons. The van der Waals surface area contributed by atoms with Crippen molar-refractivity contribution in [2.75, 3.05) is 6.54 Å². The minimum atomic E-state index is -0.479. The Morgan fingerprint density at radius 1 is 1.28 bits per heavy atom. The van der Waals surface area contributed by atoms with Crippen LogP contribution in [0.2, 0.25) is 0 Å². The van der Waals surface area contributed by atoms with Gasteiger partial charge in [0.2, 0.25) is 5.91 Å². The third-order valence-corrected chi connectivity index (χ3v) is 5.55. The minimum Gasteiger partial charge on any atom is -0.354 e. The van der Waals surface area contributed by atoms with Crippen LogP contribution in [0.3, 0.4) is 0 Å². The second kappa shape index (κ2) is 8.00. The van der Waals surface area contributed by atoms with E-state index in [0.29, 0.717) is 11.4 Å². The number of carbonyl (C=O) groups is 1. The summed E-state index contributed by atoms with van der Waals surface area (Å²) in [5, 5.41) is 19.9. The number of nitrogens with one attached hydrogen (secondary N) is 1. The van der Waals surface area contributed by atoms with Gasteiger partial charge in [-0.2, -0.15) is 0 Å². The number of carbonyl (C=O) groups excluding carboxylic acids is 1. The van der Waals surface area contributed by atoms with E-state index in [-0.39, 0.29) is 42.8 Å². The molecule has 9 nitrogen and oxygen atoms in total. The summed E-state index contributed by atoms with van der Waals surface area (Å²) in [6.07, 6.45) is 2.08. The van der Waals surface area contributed by atoms with Crippen molar-refractivity contribution in [3.8, 4) is 10.7 Å². The summed E-state index contributed by atoms with van der Waals surface area (Å²) in [6.45, 7) is 0.556. The zero-order valence-electron chi connectivity index (χ0n) is 15.5. The quantitative estimate of drug-likeness (QED) is 0.450. The van der Waals surface area contributed by atoms with Gasteiger partial charge in [0, 0.05) is 24.7 Å². The van der Waals surface area contributed by atoms with Gasteiger partial charge in [-0.25, -0.2) is 9.48 Å². The van der Waals surface area contributed by atoms with Crippen LogP contribution in [-0.2, 0) is 17.8 Å². The number of amides is 1. The van der Waals surface area contributed by atoms with Gasteiger partial charge in [-0.1, -0.05) is 18.2 Å². The highest BCUT2D eigenvalue weighted by Crippen LogP contribution is 2.37. The summed E-state index contributed by atoms with van der Waals surface area (Å²) in [7, 11) is 0. The zero-order chi connectivity index (χ0) is 20.4. The molecule has 1 fully saturated rings. The number of nitrogens with zero attached hydrogens (tertiary/aromatic N) is 4.